The molecule has 0 spiro atoms. The van der Waals surface area contributed by atoms with Gasteiger partial charge < -0.3 is 15.4 Å². The summed E-state index contributed by atoms with van der Waals surface area (Å²) in [4.78, 5) is 21.5. The van der Waals surface area contributed by atoms with Crippen LogP contribution >= 0.6 is 0 Å². The number of nitrogens with one attached hydrogen (secondary N) is 2. The van der Waals surface area contributed by atoms with Gasteiger partial charge in [0.25, 0.3) is 0 Å². The molecule has 8 nitrogen and oxygen atoms in total. The average Bonchev–Trinajstić information content (AvgIpc) is 3.15. The number of rotatable bonds is 8. The lowest BCUT2D eigenvalue weighted by molar-refractivity contribution is 0.0994. The number of sulfone groups is 1. The highest BCUT2D eigenvalue weighted by atomic mass is 32.2. The molecule has 2 aromatic carbocycles. The highest BCUT2D eigenvalue weighted by Gasteiger charge is 2.24. The Morgan fingerprint density at radius 2 is 1.74 bits per heavy atom. The Morgan fingerprint density at radius 3 is 2.46 bits per heavy atom. The van der Waals surface area contributed by atoms with Gasteiger partial charge in [0.1, 0.15) is 11.6 Å². The Bertz CT molecular complexity index is 1380. The lowest BCUT2D eigenvalue weighted by Gasteiger charge is -2.18. The number of benzene rings is 2. The van der Waals surface area contributed by atoms with E-state index in [1.807, 2.05) is 26.8 Å². The van der Waals surface area contributed by atoms with Gasteiger partial charge in [0, 0.05) is 23.7 Å². The molecule has 1 aliphatic carbocycles. The third-order valence-corrected chi connectivity index (χ3v) is 7.99. The first-order valence-electron chi connectivity index (χ1n) is 11.6. The van der Waals surface area contributed by atoms with Crippen LogP contribution in [0.5, 0.6) is 5.75 Å². The second-order valence-electron chi connectivity index (χ2n) is 9.16. The molecule has 1 heterocycles. The summed E-state index contributed by atoms with van der Waals surface area (Å²) in [6.45, 7) is 9.03. The molecule has 0 fully saturated rings. The van der Waals surface area contributed by atoms with E-state index >= 15 is 0 Å². The summed E-state index contributed by atoms with van der Waals surface area (Å²) in [5.41, 5.74) is 3.45. The van der Waals surface area contributed by atoms with E-state index in [1.165, 1.54) is 0 Å². The van der Waals surface area contributed by atoms with E-state index in [2.05, 4.69) is 20.6 Å². The maximum absolute atomic E-state index is 12.9. The second kappa shape index (κ2) is 9.65. The molecule has 3 aromatic rings. The van der Waals surface area contributed by atoms with Crippen molar-refractivity contribution < 1.29 is 17.9 Å². The van der Waals surface area contributed by atoms with Gasteiger partial charge in [0.05, 0.1) is 27.6 Å². The van der Waals surface area contributed by atoms with Gasteiger partial charge in [-0.25, -0.2) is 13.4 Å². The van der Waals surface area contributed by atoms with Crippen molar-refractivity contribution in [2.75, 3.05) is 10.6 Å². The number of fused-ring (bicyclic) bond motifs is 1. The molecule has 35 heavy (non-hydrogen) atoms. The van der Waals surface area contributed by atoms with E-state index in [0.717, 1.165) is 11.1 Å². The minimum atomic E-state index is -3.50. The van der Waals surface area contributed by atoms with E-state index in [1.54, 1.807) is 50.4 Å². The van der Waals surface area contributed by atoms with Gasteiger partial charge in [0.15, 0.2) is 15.6 Å². The van der Waals surface area contributed by atoms with Crippen LogP contribution in [0.25, 0.3) is 0 Å². The smallest absolute Gasteiger partial charge is 0.229 e. The zero-order valence-electron chi connectivity index (χ0n) is 20.5. The van der Waals surface area contributed by atoms with Crippen molar-refractivity contribution in [3.05, 3.63) is 59.3 Å². The van der Waals surface area contributed by atoms with Crippen molar-refractivity contribution in [3.8, 4) is 5.75 Å². The summed E-state index contributed by atoms with van der Waals surface area (Å²) >= 11 is 0. The van der Waals surface area contributed by atoms with E-state index in [4.69, 9.17) is 4.74 Å². The molecule has 9 heteroatoms. The zero-order chi connectivity index (χ0) is 25.3. The SMILES string of the molecule is Cc1cnc(Nc2cc3c(cc2OC(C)C)CCC3=O)nc1Nc1ccccc1S(=O)(=O)C(C)C. The number of aromatic nitrogens is 2. The maximum atomic E-state index is 12.9. The van der Waals surface area contributed by atoms with Gasteiger partial charge in [-0.2, -0.15) is 4.98 Å². The number of hydrogen-bond donors (Lipinski definition) is 2. The van der Waals surface area contributed by atoms with Gasteiger partial charge in [-0.15, -0.1) is 0 Å². The quantitative estimate of drug-likeness (QED) is 0.430. The number of Topliss-reactive ketones (excluding diaryl/α,β-unsaturated/α-hetero) is 1. The number of para-hydroxylation sites is 1. The van der Waals surface area contributed by atoms with Crippen molar-refractivity contribution >= 4 is 38.8 Å². The number of carbonyl (C=O) groups is 1. The van der Waals surface area contributed by atoms with Crippen molar-refractivity contribution in [2.24, 2.45) is 0 Å². The lowest BCUT2D eigenvalue weighted by atomic mass is 10.1. The van der Waals surface area contributed by atoms with Crippen LogP contribution in [0.15, 0.2) is 47.5 Å². The second-order valence-corrected chi connectivity index (χ2v) is 11.6. The molecule has 1 aromatic heterocycles. The predicted molar refractivity (Wildman–Crippen MR) is 137 cm³/mol. The Morgan fingerprint density at radius 1 is 1.00 bits per heavy atom. The van der Waals surface area contributed by atoms with E-state index in [0.29, 0.717) is 47.3 Å². The third kappa shape index (κ3) is 5.14. The van der Waals surface area contributed by atoms with Crippen molar-refractivity contribution in [2.45, 2.75) is 63.7 Å². The minimum Gasteiger partial charge on any atom is -0.489 e. The average molecular weight is 495 g/mol. The van der Waals surface area contributed by atoms with Gasteiger partial charge >= 0.3 is 0 Å². The van der Waals surface area contributed by atoms with E-state index in [9.17, 15) is 13.2 Å². The monoisotopic (exact) mass is 494 g/mol. The van der Waals surface area contributed by atoms with Crippen LogP contribution < -0.4 is 15.4 Å². The summed E-state index contributed by atoms with van der Waals surface area (Å²) in [5.74, 6) is 1.49. The van der Waals surface area contributed by atoms with Gasteiger partial charge in [-0.3, -0.25) is 4.79 Å². The molecule has 0 saturated heterocycles. The molecule has 0 amide bonds. The van der Waals surface area contributed by atoms with Gasteiger partial charge in [-0.05, 0) is 70.9 Å². The molecule has 4 rings (SSSR count). The summed E-state index contributed by atoms with van der Waals surface area (Å²) in [7, 11) is -3.50. The molecule has 0 unspecified atom stereocenters. The number of hydrogen-bond acceptors (Lipinski definition) is 8. The Kier molecular flexibility index (Phi) is 6.80. The van der Waals surface area contributed by atoms with Gasteiger partial charge in [0.2, 0.25) is 5.95 Å². The van der Waals surface area contributed by atoms with Crippen LogP contribution in [0.1, 0.15) is 55.6 Å². The Balaban J connectivity index is 1.69. The first-order chi connectivity index (χ1) is 16.6. The highest BCUT2D eigenvalue weighted by molar-refractivity contribution is 7.92. The van der Waals surface area contributed by atoms with E-state index in [-0.39, 0.29) is 16.8 Å². The van der Waals surface area contributed by atoms with Crippen LogP contribution in [-0.4, -0.2) is 35.5 Å². The standard InChI is InChI=1S/C26H30N4O4S/c1-15(2)34-23-12-18-10-11-22(31)19(18)13-21(23)29-26-27-14-17(5)25(30-26)28-20-8-6-7-9-24(20)35(32,33)16(3)4/h6-9,12-16H,10-11H2,1-5H3,(H2,27,28,29,30). The van der Waals surface area contributed by atoms with Crippen molar-refractivity contribution in [1.82, 2.24) is 9.97 Å². The fourth-order valence-electron chi connectivity index (χ4n) is 3.87. The molecular formula is C26H30N4O4S. The summed E-state index contributed by atoms with van der Waals surface area (Å²) in [5, 5.41) is 5.80. The van der Waals surface area contributed by atoms with Crippen LogP contribution in [0.4, 0.5) is 23.1 Å². The lowest BCUT2D eigenvalue weighted by Crippen LogP contribution is -2.16. The Hall–Kier alpha value is -3.46. The summed E-state index contributed by atoms with van der Waals surface area (Å²) < 4.78 is 31.7. The number of anilines is 4. The molecule has 0 radical (unpaired) electrons. The Labute approximate surface area is 206 Å². The highest BCUT2D eigenvalue weighted by Crippen LogP contribution is 2.36. The van der Waals surface area contributed by atoms with Crippen molar-refractivity contribution in [1.29, 1.82) is 0 Å². The number of ketones is 1. The van der Waals surface area contributed by atoms with Crippen LogP contribution in [0.2, 0.25) is 0 Å². The first-order valence-corrected chi connectivity index (χ1v) is 13.2. The molecule has 184 valence electrons. The normalized spacial score (nSPS) is 13.3. The molecule has 0 bridgehead atoms. The first kappa shape index (κ1) is 24.7. The molecule has 0 aliphatic heterocycles. The third-order valence-electron chi connectivity index (χ3n) is 5.78. The van der Waals surface area contributed by atoms with Crippen molar-refractivity contribution in [3.63, 3.8) is 0 Å². The summed E-state index contributed by atoms with van der Waals surface area (Å²) in [6, 6.07) is 10.5. The number of aryl methyl sites for hydroxylation is 2. The fourth-order valence-corrected chi connectivity index (χ4v) is 5.07. The largest absolute Gasteiger partial charge is 0.489 e. The fraction of sp³-hybridized carbons (Fsp3) is 0.346. The summed E-state index contributed by atoms with van der Waals surface area (Å²) in [6.07, 6.45) is 2.80. The number of carbonyl (C=O) groups excluding carboxylic acids is 1. The zero-order valence-corrected chi connectivity index (χ0v) is 21.4. The predicted octanol–water partition coefficient (Wildman–Crippen LogP) is 5.37. The number of nitrogens with zero attached hydrogens (tertiary/aromatic N) is 2. The molecular weight excluding hydrogens is 464 g/mol. The minimum absolute atomic E-state index is 0.0544. The van der Waals surface area contributed by atoms with Gasteiger partial charge in [-0.1, -0.05) is 12.1 Å². The molecule has 1 aliphatic rings. The molecule has 0 atom stereocenters. The number of ether oxygens (including phenoxy) is 1. The van der Waals surface area contributed by atoms with E-state index < -0.39 is 15.1 Å². The van der Waals surface area contributed by atoms with Crippen LogP contribution in [-0.2, 0) is 16.3 Å². The molecule has 2 N–H and O–H groups in total. The topological polar surface area (TPSA) is 110 Å². The molecule has 0 saturated carbocycles. The van der Waals surface area contributed by atoms with Crippen LogP contribution in [0, 0.1) is 6.92 Å². The van der Waals surface area contributed by atoms with Crippen LogP contribution in [0.3, 0.4) is 0 Å². The maximum Gasteiger partial charge on any atom is 0.229 e.